The molecule has 0 unspecified atom stereocenters. The van der Waals surface area contributed by atoms with Crippen molar-refractivity contribution in [2.45, 2.75) is 19.3 Å². The van der Waals surface area contributed by atoms with E-state index in [1.165, 1.54) is 16.7 Å². The maximum Gasteiger partial charge on any atom is 0.224 e. The predicted molar refractivity (Wildman–Crippen MR) is 88.8 cm³/mol. The Morgan fingerprint density at radius 3 is 2.73 bits per heavy atom. The summed E-state index contributed by atoms with van der Waals surface area (Å²) in [5, 5.41) is 4.01. The van der Waals surface area contributed by atoms with Gasteiger partial charge in [-0.05, 0) is 36.5 Å². The lowest BCUT2D eigenvalue weighted by Crippen LogP contribution is -2.04. The van der Waals surface area contributed by atoms with E-state index in [4.69, 9.17) is 10.7 Å². The average Bonchev–Trinajstić information content (AvgIpc) is 2.71. The molecule has 1 aliphatic carbocycles. The van der Waals surface area contributed by atoms with Gasteiger partial charge in [0.2, 0.25) is 5.95 Å². The lowest BCUT2D eigenvalue weighted by molar-refractivity contribution is 0.834. The summed E-state index contributed by atoms with van der Waals surface area (Å²) >= 11 is 0. The molecule has 3 aromatic rings. The van der Waals surface area contributed by atoms with Crippen molar-refractivity contribution < 1.29 is 0 Å². The van der Waals surface area contributed by atoms with Crippen molar-refractivity contribution in [1.82, 2.24) is 15.0 Å². The molecule has 0 amide bonds. The van der Waals surface area contributed by atoms with Crippen LogP contribution in [0.15, 0.2) is 30.3 Å². The number of rotatable bonds is 1. The van der Waals surface area contributed by atoms with E-state index in [1.807, 2.05) is 7.05 Å². The Hall–Kier alpha value is -2.69. The van der Waals surface area contributed by atoms with Gasteiger partial charge in [-0.1, -0.05) is 24.3 Å². The van der Waals surface area contributed by atoms with Crippen molar-refractivity contribution in [3.05, 3.63) is 41.5 Å². The summed E-state index contributed by atoms with van der Waals surface area (Å²) in [7, 11) is 1.84. The molecule has 0 bridgehead atoms. The van der Waals surface area contributed by atoms with Crippen LogP contribution in [0.5, 0.6) is 0 Å². The Balaban J connectivity index is 2.05. The minimum atomic E-state index is 0.242. The van der Waals surface area contributed by atoms with E-state index < -0.39 is 0 Å². The highest BCUT2D eigenvalue weighted by Crippen LogP contribution is 2.33. The summed E-state index contributed by atoms with van der Waals surface area (Å²) in [6.07, 6.45) is 3.22. The highest BCUT2D eigenvalue weighted by Gasteiger charge is 2.18. The van der Waals surface area contributed by atoms with E-state index in [0.717, 1.165) is 36.2 Å². The molecule has 5 heteroatoms. The summed E-state index contributed by atoms with van der Waals surface area (Å²) < 4.78 is 0. The average molecular weight is 291 g/mol. The Morgan fingerprint density at radius 2 is 1.86 bits per heavy atom. The number of nitrogen functional groups attached to an aromatic ring is 1. The Kier molecular flexibility index (Phi) is 2.92. The summed E-state index contributed by atoms with van der Waals surface area (Å²) in [4.78, 5) is 13.4. The molecular weight excluding hydrogens is 274 g/mol. The Morgan fingerprint density at radius 1 is 1.05 bits per heavy atom. The number of anilines is 2. The zero-order valence-electron chi connectivity index (χ0n) is 12.4. The maximum absolute atomic E-state index is 5.80. The second kappa shape index (κ2) is 4.94. The molecule has 0 fully saturated rings. The van der Waals surface area contributed by atoms with Crippen LogP contribution in [-0.4, -0.2) is 22.0 Å². The third-order valence-corrected chi connectivity index (χ3v) is 4.18. The molecule has 2 heterocycles. The van der Waals surface area contributed by atoms with Crippen LogP contribution in [0, 0.1) is 0 Å². The van der Waals surface area contributed by atoms with Gasteiger partial charge in [0, 0.05) is 12.6 Å². The van der Waals surface area contributed by atoms with Crippen molar-refractivity contribution in [1.29, 1.82) is 0 Å². The van der Waals surface area contributed by atoms with E-state index in [9.17, 15) is 0 Å². The monoisotopic (exact) mass is 291 g/mol. The van der Waals surface area contributed by atoms with E-state index in [0.29, 0.717) is 5.65 Å². The smallest absolute Gasteiger partial charge is 0.224 e. The second-order valence-corrected chi connectivity index (χ2v) is 5.56. The molecule has 22 heavy (non-hydrogen) atoms. The topological polar surface area (TPSA) is 76.7 Å². The molecule has 0 aliphatic heterocycles. The SMILES string of the molecule is CNc1nc(N)nc2nc3c(cc12)CCCc1ccccc1-3. The molecule has 0 saturated heterocycles. The second-order valence-electron chi connectivity index (χ2n) is 5.56. The number of pyridine rings is 1. The lowest BCUT2D eigenvalue weighted by Gasteiger charge is -2.11. The highest BCUT2D eigenvalue weighted by atomic mass is 15.1. The van der Waals surface area contributed by atoms with Crippen molar-refractivity contribution in [2.24, 2.45) is 0 Å². The molecule has 0 atom stereocenters. The molecule has 1 aromatic carbocycles. The summed E-state index contributed by atoms with van der Waals surface area (Å²) in [6, 6.07) is 10.6. The van der Waals surface area contributed by atoms with Crippen LogP contribution in [0.2, 0.25) is 0 Å². The van der Waals surface area contributed by atoms with Gasteiger partial charge in [0.25, 0.3) is 0 Å². The predicted octanol–water partition coefficient (Wildman–Crippen LogP) is 2.80. The largest absolute Gasteiger partial charge is 0.372 e. The molecular formula is C17H17N5. The fraction of sp³-hybridized carbons (Fsp3) is 0.235. The zero-order chi connectivity index (χ0) is 15.1. The first-order valence-corrected chi connectivity index (χ1v) is 7.49. The minimum absolute atomic E-state index is 0.242. The normalized spacial score (nSPS) is 13.3. The van der Waals surface area contributed by atoms with Crippen LogP contribution in [0.4, 0.5) is 11.8 Å². The van der Waals surface area contributed by atoms with Gasteiger partial charge in [-0.15, -0.1) is 0 Å². The molecule has 1 aliphatic rings. The van der Waals surface area contributed by atoms with Crippen LogP contribution >= 0.6 is 0 Å². The molecule has 0 radical (unpaired) electrons. The Bertz CT molecular complexity index is 872. The number of nitrogens with two attached hydrogens (primary N) is 1. The number of fused-ring (bicyclic) bond motifs is 4. The number of hydrogen-bond donors (Lipinski definition) is 2. The maximum atomic E-state index is 5.80. The van der Waals surface area contributed by atoms with Gasteiger partial charge in [-0.25, -0.2) is 4.98 Å². The van der Waals surface area contributed by atoms with Crippen molar-refractivity contribution in [3.63, 3.8) is 0 Å². The van der Waals surface area contributed by atoms with Crippen LogP contribution in [-0.2, 0) is 12.8 Å². The molecule has 5 nitrogen and oxygen atoms in total. The zero-order valence-corrected chi connectivity index (χ0v) is 12.4. The first kappa shape index (κ1) is 13.0. The van der Waals surface area contributed by atoms with Crippen molar-refractivity contribution in [3.8, 4) is 11.3 Å². The number of benzene rings is 1. The molecule has 110 valence electrons. The molecule has 2 aromatic heterocycles. The minimum Gasteiger partial charge on any atom is -0.372 e. The Labute approximate surface area is 128 Å². The van der Waals surface area contributed by atoms with Crippen LogP contribution in [0.25, 0.3) is 22.3 Å². The summed E-state index contributed by atoms with van der Waals surface area (Å²) in [6.45, 7) is 0. The molecule has 3 N–H and O–H groups in total. The standard InChI is InChI=1S/C17H17N5/c1-19-15-13-9-11-7-4-6-10-5-2-3-8-12(10)14(11)20-16(13)22-17(18)21-15/h2-3,5,8-9H,4,6-7H2,1H3,(H3,18,19,20,21,22). The van der Waals surface area contributed by atoms with Crippen molar-refractivity contribution >= 4 is 22.8 Å². The third-order valence-electron chi connectivity index (χ3n) is 4.18. The van der Waals surface area contributed by atoms with Gasteiger partial charge in [0.15, 0.2) is 5.65 Å². The van der Waals surface area contributed by atoms with Gasteiger partial charge < -0.3 is 11.1 Å². The fourth-order valence-electron chi connectivity index (χ4n) is 3.17. The van der Waals surface area contributed by atoms with Crippen molar-refractivity contribution in [2.75, 3.05) is 18.1 Å². The first-order valence-electron chi connectivity index (χ1n) is 7.49. The third kappa shape index (κ3) is 1.97. The number of hydrogen-bond acceptors (Lipinski definition) is 5. The van der Waals surface area contributed by atoms with Crippen LogP contribution in [0.3, 0.4) is 0 Å². The van der Waals surface area contributed by atoms with E-state index in [-0.39, 0.29) is 5.95 Å². The number of nitrogens with zero attached hydrogens (tertiary/aromatic N) is 3. The lowest BCUT2D eigenvalue weighted by atomic mass is 10.0. The van der Waals surface area contributed by atoms with Crippen LogP contribution < -0.4 is 11.1 Å². The quantitative estimate of drug-likeness (QED) is 0.721. The van der Waals surface area contributed by atoms with Crippen LogP contribution in [0.1, 0.15) is 17.5 Å². The van der Waals surface area contributed by atoms with E-state index >= 15 is 0 Å². The first-order chi connectivity index (χ1) is 10.8. The van der Waals surface area contributed by atoms with Gasteiger partial charge in [0.1, 0.15) is 5.82 Å². The number of aryl methyl sites for hydroxylation is 2. The van der Waals surface area contributed by atoms with Gasteiger partial charge in [-0.2, -0.15) is 9.97 Å². The van der Waals surface area contributed by atoms with Gasteiger partial charge in [0.05, 0.1) is 11.1 Å². The highest BCUT2D eigenvalue weighted by molar-refractivity contribution is 5.90. The van der Waals surface area contributed by atoms with Gasteiger partial charge in [-0.3, -0.25) is 0 Å². The summed E-state index contributed by atoms with van der Waals surface area (Å²) in [5.74, 6) is 0.974. The fourth-order valence-corrected chi connectivity index (χ4v) is 3.17. The van der Waals surface area contributed by atoms with E-state index in [2.05, 4.69) is 45.6 Å². The molecule has 0 spiro atoms. The van der Waals surface area contributed by atoms with Gasteiger partial charge >= 0.3 is 0 Å². The number of nitrogens with one attached hydrogen (secondary N) is 1. The molecule has 0 saturated carbocycles. The number of aromatic nitrogens is 3. The molecule has 4 rings (SSSR count). The summed E-state index contributed by atoms with van der Waals surface area (Å²) in [5.41, 5.74) is 11.3. The van der Waals surface area contributed by atoms with E-state index in [1.54, 1.807) is 0 Å².